The van der Waals surface area contributed by atoms with Crippen molar-refractivity contribution in [1.82, 2.24) is 19.6 Å². The van der Waals surface area contributed by atoms with E-state index in [1.165, 1.54) is 23.5 Å². The molecule has 3 aromatic heterocycles. The van der Waals surface area contributed by atoms with Crippen molar-refractivity contribution in [2.75, 3.05) is 29.9 Å². The molecule has 1 saturated heterocycles. The molecule has 33 heavy (non-hydrogen) atoms. The Bertz CT molecular complexity index is 1320. The minimum atomic E-state index is -0.768. The molecule has 1 fully saturated rings. The molecule has 1 aliphatic heterocycles. The van der Waals surface area contributed by atoms with E-state index in [0.29, 0.717) is 19.5 Å². The van der Waals surface area contributed by atoms with Crippen LogP contribution in [0.2, 0.25) is 0 Å². The van der Waals surface area contributed by atoms with Gasteiger partial charge in [0.15, 0.2) is 16.6 Å². The third-order valence-corrected chi connectivity index (χ3v) is 6.86. The maximum Gasteiger partial charge on any atom is 0.308 e. The summed E-state index contributed by atoms with van der Waals surface area (Å²) < 4.78 is 15.1. The van der Waals surface area contributed by atoms with Gasteiger partial charge in [-0.25, -0.2) is 14.4 Å². The summed E-state index contributed by atoms with van der Waals surface area (Å²) in [5, 5.41) is 16.9. The van der Waals surface area contributed by atoms with Gasteiger partial charge >= 0.3 is 5.97 Å². The molecule has 4 aromatic rings. The predicted molar refractivity (Wildman–Crippen MR) is 126 cm³/mol. The van der Waals surface area contributed by atoms with Crippen molar-refractivity contribution in [2.45, 2.75) is 19.8 Å². The summed E-state index contributed by atoms with van der Waals surface area (Å²) in [4.78, 5) is 24.8. The number of aliphatic carboxylic acids is 1. The summed E-state index contributed by atoms with van der Waals surface area (Å²) >= 11 is 1.49. The van der Waals surface area contributed by atoms with Crippen molar-refractivity contribution in [1.29, 1.82) is 0 Å². The molecule has 0 bridgehead atoms. The molecule has 0 saturated carbocycles. The van der Waals surface area contributed by atoms with Gasteiger partial charge in [0, 0.05) is 31.1 Å². The number of fused-ring (bicyclic) bond motifs is 1. The van der Waals surface area contributed by atoms with Crippen LogP contribution in [-0.2, 0) is 11.2 Å². The van der Waals surface area contributed by atoms with Gasteiger partial charge in [-0.1, -0.05) is 6.92 Å². The van der Waals surface area contributed by atoms with Crippen LogP contribution in [0, 0.1) is 11.7 Å². The Morgan fingerprint density at radius 3 is 2.73 bits per heavy atom. The Morgan fingerprint density at radius 1 is 1.24 bits per heavy atom. The monoisotopic (exact) mass is 466 g/mol. The number of benzene rings is 1. The number of thiazole rings is 1. The van der Waals surface area contributed by atoms with Gasteiger partial charge in [-0.05, 0) is 49.2 Å². The Hall–Kier alpha value is -3.53. The second-order valence-corrected chi connectivity index (χ2v) is 8.88. The minimum absolute atomic E-state index is 0.279. The number of hydrogen-bond donors (Lipinski definition) is 1. The Morgan fingerprint density at radius 2 is 2.03 bits per heavy atom. The van der Waals surface area contributed by atoms with Gasteiger partial charge in [-0.3, -0.25) is 4.79 Å². The largest absolute Gasteiger partial charge is 0.481 e. The third-order valence-electron chi connectivity index (χ3n) is 5.94. The number of carboxylic acid groups (broad SMARTS) is 1. The number of aromatic nitrogens is 4. The summed E-state index contributed by atoms with van der Waals surface area (Å²) in [5.74, 6) is 0.129. The van der Waals surface area contributed by atoms with E-state index < -0.39 is 5.97 Å². The third kappa shape index (κ3) is 3.91. The summed E-state index contributed by atoms with van der Waals surface area (Å²) in [6, 6.07) is 10.1. The number of nitrogens with zero attached hydrogens (tertiary/aromatic N) is 6. The number of aryl methyl sites for hydroxylation is 1. The second-order valence-electron chi connectivity index (χ2n) is 8.05. The van der Waals surface area contributed by atoms with Crippen LogP contribution in [0.4, 0.5) is 21.2 Å². The first-order valence-corrected chi connectivity index (χ1v) is 11.6. The van der Waals surface area contributed by atoms with Crippen LogP contribution < -0.4 is 9.80 Å². The molecule has 1 aliphatic rings. The molecule has 170 valence electrons. The normalized spacial score (nSPS) is 16.0. The quantitative estimate of drug-likeness (QED) is 0.455. The van der Waals surface area contributed by atoms with Crippen molar-refractivity contribution in [2.24, 2.45) is 5.92 Å². The van der Waals surface area contributed by atoms with Crippen LogP contribution in [0.1, 0.15) is 19.0 Å². The lowest BCUT2D eigenvalue weighted by Gasteiger charge is -2.19. The molecule has 4 heterocycles. The van der Waals surface area contributed by atoms with E-state index in [1.807, 2.05) is 41.3 Å². The van der Waals surface area contributed by atoms with Crippen molar-refractivity contribution >= 4 is 39.7 Å². The molecule has 0 spiro atoms. The molecule has 0 radical (unpaired) electrons. The fourth-order valence-corrected chi connectivity index (χ4v) is 4.93. The van der Waals surface area contributed by atoms with Gasteiger partial charge in [-0.15, -0.1) is 16.4 Å². The highest BCUT2D eigenvalue weighted by molar-refractivity contribution is 7.14. The first kappa shape index (κ1) is 21.3. The topological polar surface area (TPSA) is 86.9 Å². The fourth-order valence-electron chi connectivity index (χ4n) is 4.13. The molecule has 0 amide bonds. The van der Waals surface area contributed by atoms with Gasteiger partial charge in [0.1, 0.15) is 11.6 Å². The summed E-state index contributed by atoms with van der Waals surface area (Å²) in [5.41, 5.74) is 3.25. The zero-order valence-corrected chi connectivity index (χ0v) is 19.1. The smallest absolute Gasteiger partial charge is 0.308 e. The van der Waals surface area contributed by atoms with Crippen LogP contribution in [0.15, 0.2) is 41.8 Å². The van der Waals surface area contributed by atoms with Gasteiger partial charge in [-0.2, -0.15) is 4.52 Å². The summed E-state index contributed by atoms with van der Waals surface area (Å²) in [6.07, 6.45) is 1.33. The maximum absolute atomic E-state index is 13.3. The lowest BCUT2D eigenvalue weighted by atomic mass is 10.1. The molecule has 5 rings (SSSR count). The Balaban J connectivity index is 1.50. The number of anilines is 3. The molecule has 1 N–H and O–H groups in total. The standard InChI is InChI=1S/C23H23FN6O2S/c1-3-17-21(28(2)23-26-18(13-33-23)14-4-6-16(24)7-5-14)30-19(25-17)8-9-20(27-30)29-11-10-15(12-29)22(31)32/h4-9,13,15H,3,10-12H2,1-2H3,(H,31,32). The molecule has 1 unspecified atom stereocenters. The molecule has 1 aromatic carbocycles. The SMILES string of the molecule is CCc1nc2ccc(N3CCC(C(=O)O)C3)nn2c1N(C)c1nc(-c2ccc(F)cc2)cs1. The zero-order valence-electron chi connectivity index (χ0n) is 18.3. The lowest BCUT2D eigenvalue weighted by molar-refractivity contribution is -0.140. The van der Waals surface area contributed by atoms with Gasteiger partial charge in [0.05, 0.1) is 17.3 Å². The van der Waals surface area contributed by atoms with Gasteiger partial charge in [0.25, 0.3) is 0 Å². The van der Waals surface area contributed by atoms with Crippen molar-refractivity contribution < 1.29 is 14.3 Å². The average molecular weight is 467 g/mol. The summed E-state index contributed by atoms with van der Waals surface area (Å²) in [6.45, 7) is 3.15. The van der Waals surface area contributed by atoms with Gasteiger partial charge < -0.3 is 14.9 Å². The van der Waals surface area contributed by atoms with E-state index in [4.69, 9.17) is 15.1 Å². The van der Waals surface area contributed by atoms with Crippen molar-refractivity contribution in [3.8, 4) is 11.3 Å². The Kier molecular flexibility index (Phi) is 5.45. The van der Waals surface area contributed by atoms with Gasteiger partial charge in [0.2, 0.25) is 0 Å². The highest BCUT2D eigenvalue weighted by atomic mass is 32.1. The number of carbonyl (C=O) groups is 1. The highest BCUT2D eigenvalue weighted by Crippen LogP contribution is 2.34. The van der Waals surface area contributed by atoms with E-state index >= 15 is 0 Å². The van der Waals surface area contributed by atoms with Crippen LogP contribution in [0.25, 0.3) is 16.9 Å². The number of halogens is 1. The first-order valence-electron chi connectivity index (χ1n) is 10.8. The van der Waals surface area contributed by atoms with Crippen LogP contribution in [-0.4, -0.2) is 50.8 Å². The fraction of sp³-hybridized carbons (Fsp3) is 0.304. The molecular weight excluding hydrogens is 443 g/mol. The number of imidazole rings is 1. The second kappa shape index (κ2) is 8.43. The van der Waals surface area contributed by atoms with E-state index in [-0.39, 0.29) is 11.7 Å². The van der Waals surface area contributed by atoms with E-state index in [0.717, 1.165) is 45.8 Å². The molecule has 1 atom stereocenters. The zero-order chi connectivity index (χ0) is 23.1. The van der Waals surface area contributed by atoms with E-state index in [9.17, 15) is 14.3 Å². The van der Waals surface area contributed by atoms with Crippen LogP contribution in [0.3, 0.4) is 0 Å². The molecular formula is C23H23FN6O2S. The van der Waals surface area contributed by atoms with E-state index in [2.05, 4.69) is 0 Å². The van der Waals surface area contributed by atoms with Crippen LogP contribution >= 0.6 is 11.3 Å². The number of rotatable bonds is 6. The van der Waals surface area contributed by atoms with E-state index in [1.54, 1.807) is 16.6 Å². The molecule has 10 heteroatoms. The average Bonchev–Trinajstić information content (AvgIpc) is 3.56. The van der Waals surface area contributed by atoms with Crippen molar-refractivity contribution in [3.05, 3.63) is 53.3 Å². The Labute approximate surface area is 193 Å². The maximum atomic E-state index is 13.3. The molecule has 0 aliphatic carbocycles. The van der Waals surface area contributed by atoms with Crippen LogP contribution in [0.5, 0.6) is 0 Å². The first-order chi connectivity index (χ1) is 15.9. The minimum Gasteiger partial charge on any atom is -0.481 e. The highest BCUT2D eigenvalue weighted by Gasteiger charge is 2.29. The number of carboxylic acids is 1. The van der Waals surface area contributed by atoms with Crippen molar-refractivity contribution in [3.63, 3.8) is 0 Å². The lowest BCUT2D eigenvalue weighted by Crippen LogP contribution is -2.24. The predicted octanol–water partition coefficient (Wildman–Crippen LogP) is 4.23. The summed E-state index contributed by atoms with van der Waals surface area (Å²) in [7, 11) is 1.93. The molecule has 8 nitrogen and oxygen atoms in total. The number of hydrogen-bond acceptors (Lipinski definition) is 7.